The van der Waals surface area contributed by atoms with Gasteiger partial charge in [-0.15, -0.1) is 0 Å². The molecule has 1 aliphatic rings. The number of rotatable bonds is 5. The monoisotopic (exact) mass is 396 g/mol. The molecule has 0 saturated carbocycles. The van der Waals surface area contributed by atoms with Crippen LogP contribution in [0.15, 0.2) is 30.6 Å². The molecule has 0 radical (unpaired) electrons. The summed E-state index contributed by atoms with van der Waals surface area (Å²) in [6.45, 7) is 3.99. The standard InChI is InChI=1S/C20H21ClN6O/c1-3-15-9-19(13(2)26(15)12-23)25-20(28)17-5-4-16(8-18(17)21)27-11-14(6-7-22)10-24-27/h4-5,8,10-11,13,15,19H,3,6,9H2,1-2H3,(H,25,28)/t13-,15+,19-/m1/s1. The van der Waals surface area contributed by atoms with Crippen molar-refractivity contribution in [3.8, 4) is 17.9 Å². The quantitative estimate of drug-likeness (QED) is 0.783. The van der Waals surface area contributed by atoms with Crippen LogP contribution >= 0.6 is 11.6 Å². The van der Waals surface area contributed by atoms with E-state index in [9.17, 15) is 10.1 Å². The van der Waals surface area contributed by atoms with Crippen molar-refractivity contribution in [2.24, 2.45) is 0 Å². The summed E-state index contributed by atoms with van der Waals surface area (Å²) in [5, 5.41) is 25.7. The Morgan fingerprint density at radius 2 is 2.21 bits per heavy atom. The van der Waals surface area contributed by atoms with E-state index in [0.717, 1.165) is 18.4 Å². The van der Waals surface area contributed by atoms with E-state index >= 15 is 0 Å². The summed E-state index contributed by atoms with van der Waals surface area (Å²) in [6.07, 6.45) is 7.50. The number of nitrogens with one attached hydrogen (secondary N) is 1. The molecule has 1 amide bonds. The maximum absolute atomic E-state index is 12.7. The van der Waals surface area contributed by atoms with Crippen molar-refractivity contribution in [1.29, 1.82) is 10.5 Å². The summed E-state index contributed by atoms with van der Waals surface area (Å²) in [6, 6.07) is 7.17. The molecule has 0 unspecified atom stereocenters. The van der Waals surface area contributed by atoms with Crippen LogP contribution in [-0.2, 0) is 6.42 Å². The van der Waals surface area contributed by atoms with Gasteiger partial charge in [0.25, 0.3) is 5.91 Å². The predicted molar refractivity (Wildman–Crippen MR) is 105 cm³/mol. The highest BCUT2D eigenvalue weighted by Crippen LogP contribution is 2.27. The summed E-state index contributed by atoms with van der Waals surface area (Å²) in [5.74, 6) is -0.256. The first-order valence-corrected chi connectivity index (χ1v) is 9.55. The zero-order valence-corrected chi connectivity index (χ0v) is 16.5. The first-order valence-electron chi connectivity index (χ1n) is 9.17. The third-order valence-corrected chi connectivity index (χ3v) is 5.54. The molecular weight excluding hydrogens is 376 g/mol. The molecule has 0 spiro atoms. The average molecular weight is 397 g/mol. The second-order valence-electron chi connectivity index (χ2n) is 6.92. The minimum atomic E-state index is -0.256. The lowest BCUT2D eigenvalue weighted by atomic mass is 10.1. The fraction of sp³-hybridized carbons (Fsp3) is 0.400. The summed E-state index contributed by atoms with van der Waals surface area (Å²) in [7, 11) is 0. The minimum Gasteiger partial charge on any atom is -0.347 e. The Morgan fingerprint density at radius 1 is 1.43 bits per heavy atom. The first kappa shape index (κ1) is 19.7. The van der Waals surface area contributed by atoms with Gasteiger partial charge in [0.1, 0.15) is 0 Å². The van der Waals surface area contributed by atoms with E-state index in [1.165, 1.54) is 0 Å². The van der Waals surface area contributed by atoms with Gasteiger partial charge >= 0.3 is 0 Å². The van der Waals surface area contributed by atoms with Crippen molar-refractivity contribution >= 4 is 17.5 Å². The van der Waals surface area contributed by atoms with Crippen LogP contribution in [0.3, 0.4) is 0 Å². The zero-order chi connectivity index (χ0) is 20.3. The normalized spacial score (nSPS) is 21.2. The summed E-state index contributed by atoms with van der Waals surface area (Å²) in [4.78, 5) is 14.5. The number of aromatic nitrogens is 2. The number of carbonyl (C=O) groups is 1. The number of hydrogen-bond acceptors (Lipinski definition) is 5. The van der Waals surface area contributed by atoms with Gasteiger partial charge in [-0.3, -0.25) is 4.79 Å². The third kappa shape index (κ3) is 3.81. The molecule has 8 heteroatoms. The molecule has 144 valence electrons. The Labute approximate surface area is 169 Å². The smallest absolute Gasteiger partial charge is 0.253 e. The van der Waals surface area contributed by atoms with Crippen LogP contribution < -0.4 is 5.32 Å². The predicted octanol–water partition coefficient (Wildman–Crippen LogP) is 3.04. The van der Waals surface area contributed by atoms with Gasteiger partial charge < -0.3 is 10.2 Å². The van der Waals surface area contributed by atoms with Crippen molar-refractivity contribution in [2.45, 2.75) is 51.2 Å². The third-order valence-electron chi connectivity index (χ3n) is 5.22. The van der Waals surface area contributed by atoms with E-state index in [0.29, 0.717) is 16.3 Å². The summed E-state index contributed by atoms with van der Waals surface area (Å²) in [5.41, 5.74) is 1.90. The van der Waals surface area contributed by atoms with Gasteiger partial charge in [-0.2, -0.15) is 15.6 Å². The number of amides is 1. The Hall–Kier alpha value is -3.03. The molecule has 1 saturated heterocycles. The van der Waals surface area contributed by atoms with Gasteiger partial charge in [0.2, 0.25) is 0 Å². The highest BCUT2D eigenvalue weighted by molar-refractivity contribution is 6.34. The molecule has 7 nitrogen and oxygen atoms in total. The van der Waals surface area contributed by atoms with E-state index in [-0.39, 0.29) is 30.5 Å². The van der Waals surface area contributed by atoms with E-state index in [4.69, 9.17) is 16.9 Å². The number of hydrogen-bond donors (Lipinski definition) is 1. The number of halogens is 1. The molecule has 1 aliphatic heterocycles. The Morgan fingerprint density at radius 3 is 2.82 bits per heavy atom. The number of carbonyl (C=O) groups excluding carboxylic acids is 1. The van der Waals surface area contributed by atoms with Crippen LogP contribution in [0.5, 0.6) is 0 Å². The molecule has 3 rings (SSSR count). The fourth-order valence-corrected chi connectivity index (χ4v) is 3.87. The molecular formula is C20H21ClN6O. The maximum Gasteiger partial charge on any atom is 0.253 e. The molecule has 0 aliphatic carbocycles. The molecule has 1 aromatic heterocycles. The average Bonchev–Trinajstić information content (AvgIpc) is 3.26. The Bertz CT molecular complexity index is 956. The molecule has 3 atom stereocenters. The molecule has 28 heavy (non-hydrogen) atoms. The first-order chi connectivity index (χ1) is 13.5. The van der Waals surface area contributed by atoms with Crippen LogP contribution in [0.25, 0.3) is 5.69 Å². The van der Waals surface area contributed by atoms with Crippen LogP contribution in [-0.4, -0.2) is 38.7 Å². The van der Waals surface area contributed by atoms with Gasteiger partial charge in [-0.1, -0.05) is 18.5 Å². The van der Waals surface area contributed by atoms with E-state index < -0.39 is 0 Å². The molecule has 1 N–H and O–H groups in total. The number of benzene rings is 1. The Balaban J connectivity index is 1.74. The SMILES string of the molecule is CC[C@H]1C[C@@H](NC(=O)c2ccc(-n3cc(CC#N)cn3)cc2Cl)[C@@H](C)N1C#N. The number of likely N-dealkylation sites (tertiary alicyclic amines) is 1. The largest absolute Gasteiger partial charge is 0.347 e. The molecule has 2 heterocycles. The van der Waals surface area contributed by atoms with Crippen LogP contribution in [0.1, 0.15) is 42.6 Å². The maximum atomic E-state index is 12.7. The van der Waals surface area contributed by atoms with Crippen molar-refractivity contribution in [2.75, 3.05) is 0 Å². The summed E-state index contributed by atoms with van der Waals surface area (Å²) < 4.78 is 1.62. The molecule has 0 bridgehead atoms. The van der Waals surface area contributed by atoms with E-state index in [1.807, 2.05) is 13.8 Å². The molecule has 1 aromatic carbocycles. The molecule has 1 fully saturated rings. The second-order valence-corrected chi connectivity index (χ2v) is 7.32. The minimum absolute atomic E-state index is 0.0559. The van der Waals surface area contributed by atoms with E-state index in [2.05, 4.69) is 22.7 Å². The van der Waals surface area contributed by atoms with Gasteiger partial charge in [0, 0.05) is 17.8 Å². The lowest BCUT2D eigenvalue weighted by molar-refractivity contribution is 0.0931. The molecule has 2 aromatic rings. The summed E-state index contributed by atoms with van der Waals surface area (Å²) >= 11 is 6.36. The van der Waals surface area contributed by atoms with Crippen molar-refractivity contribution in [3.05, 3.63) is 46.7 Å². The highest BCUT2D eigenvalue weighted by atomic mass is 35.5. The van der Waals surface area contributed by atoms with Gasteiger partial charge in [-0.05, 0) is 38.0 Å². The van der Waals surface area contributed by atoms with Gasteiger partial charge in [0.05, 0.1) is 47.0 Å². The van der Waals surface area contributed by atoms with Gasteiger partial charge in [-0.25, -0.2) is 4.68 Å². The Kier molecular flexibility index (Phi) is 5.87. The number of nitrogens with zero attached hydrogens (tertiary/aromatic N) is 5. The highest BCUT2D eigenvalue weighted by Gasteiger charge is 2.38. The van der Waals surface area contributed by atoms with Crippen LogP contribution in [0.2, 0.25) is 5.02 Å². The van der Waals surface area contributed by atoms with E-state index in [1.54, 1.807) is 40.2 Å². The zero-order valence-electron chi connectivity index (χ0n) is 15.8. The van der Waals surface area contributed by atoms with Crippen molar-refractivity contribution in [3.63, 3.8) is 0 Å². The van der Waals surface area contributed by atoms with Crippen molar-refractivity contribution in [1.82, 2.24) is 20.0 Å². The lowest BCUT2D eigenvalue weighted by Gasteiger charge is -2.22. The van der Waals surface area contributed by atoms with Gasteiger partial charge in [0.15, 0.2) is 6.19 Å². The topological polar surface area (TPSA) is 97.7 Å². The number of nitriles is 2. The fourth-order valence-electron chi connectivity index (χ4n) is 3.61. The van der Waals surface area contributed by atoms with Crippen LogP contribution in [0, 0.1) is 22.8 Å². The van der Waals surface area contributed by atoms with Crippen molar-refractivity contribution < 1.29 is 4.79 Å². The lowest BCUT2D eigenvalue weighted by Crippen LogP contribution is -2.42. The van der Waals surface area contributed by atoms with Crippen LogP contribution in [0.4, 0.5) is 0 Å². The second kappa shape index (κ2) is 8.33.